The highest BCUT2D eigenvalue weighted by atomic mass is 16.5. The van der Waals surface area contributed by atoms with Crippen LogP contribution in [0, 0.1) is 5.92 Å². The summed E-state index contributed by atoms with van der Waals surface area (Å²) in [4.78, 5) is 14.2. The number of benzene rings is 1. The maximum atomic E-state index is 5.68. The number of guanidine groups is 1. The van der Waals surface area contributed by atoms with Gasteiger partial charge in [0.1, 0.15) is 0 Å². The molecule has 0 spiro atoms. The molecule has 7 nitrogen and oxygen atoms in total. The van der Waals surface area contributed by atoms with Crippen molar-refractivity contribution in [2.45, 2.75) is 52.4 Å². The molecule has 1 N–H and O–H groups in total. The number of likely N-dealkylation sites (tertiary alicyclic amines) is 1. The third-order valence-electron chi connectivity index (χ3n) is 6.60. The smallest absolute Gasteiger partial charge is 0.194 e. The average molecular weight is 439 g/mol. The zero-order chi connectivity index (χ0) is 22.3. The number of nitrogens with zero attached hydrogens (tertiary/aromatic N) is 5. The Morgan fingerprint density at radius 1 is 1.22 bits per heavy atom. The second kappa shape index (κ2) is 11.0. The monoisotopic (exact) mass is 438 g/mol. The van der Waals surface area contributed by atoms with E-state index < -0.39 is 0 Å². The minimum absolute atomic E-state index is 0.317. The van der Waals surface area contributed by atoms with Crippen LogP contribution < -0.4 is 5.32 Å². The van der Waals surface area contributed by atoms with Crippen molar-refractivity contribution < 1.29 is 4.74 Å². The summed E-state index contributed by atoms with van der Waals surface area (Å²) in [5.74, 6) is 1.64. The summed E-state index contributed by atoms with van der Waals surface area (Å²) >= 11 is 0. The molecule has 2 fully saturated rings. The quantitative estimate of drug-likeness (QED) is 0.555. The van der Waals surface area contributed by atoms with E-state index in [0.29, 0.717) is 24.6 Å². The van der Waals surface area contributed by atoms with Crippen LogP contribution in [0.4, 0.5) is 0 Å². The van der Waals surface area contributed by atoms with Crippen molar-refractivity contribution in [2.75, 3.05) is 39.3 Å². The molecule has 4 rings (SSSR count). The van der Waals surface area contributed by atoms with Gasteiger partial charge in [0.05, 0.1) is 31.6 Å². The molecule has 0 amide bonds. The van der Waals surface area contributed by atoms with Gasteiger partial charge in [-0.15, -0.1) is 0 Å². The van der Waals surface area contributed by atoms with Crippen LogP contribution >= 0.6 is 0 Å². The lowest BCUT2D eigenvalue weighted by Gasteiger charge is -2.39. The Kier molecular flexibility index (Phi) is 7.81. The summed E-state index contributed by atoms with van der Waals surface area (Å²) in [6.45, 7) is 14.0. The van der Waals surface area contributed by atoms with E-state index >= 15 is 0 Å². The van der Waals surface area contributed by atoms with Crippen LogP contribution in [0.15, 0.2) is 48.0 Å². The number of hydrogen-bond acceptors (Lipinski definition) is 4. The standard InChI is InChI=1S/C25H38N6O/c1-4-27-25(30-10-8-20(2)24(18-30)31-11-9-26-19-31)28-15-22-6-5-7-23(14-22)17-29-12-13-32-21(3)16-29/h5-7,9,11,14,19-21,24H,4,8,10,12-13,15-18H2,1-3H3,(H,27,28). The summed E-state index contributed by atoms with van der Waals surface area (Å²) < 4.78 is 7.92. The summed E-state index contributed by atoms with van der Waals surface area (Å²) in [6, 6.07) is 9.30. The van der Waals surface area contributed by atoms with E-state index in [1.807, 2.05) is 12.5 Å². The topological polar surface area (TPSA) is 57.9 Å². The molecule has 174 valence electrons. The van der Waals surface area contributed by atoms with Gasteiger partial charge in [-0.2, -0.15) is 0 Å². The van der Waals surface area contributed by atoms with Gasteiger partial charge in [0.15, 0.2) is 5.96 Å². The minimum atomic E-state index is 0.317. The number of aromatic nitrogens is 2. The van der Waals surface area contributed by atoms with Crippen molar-refractivity contribution in [1.29, 1.82) is 0 Å². The van der Waals surface area contributed by atoms with Crippen molar-refractivity contribution in [3.8, 4) is 0 Å². The van der Waals surface area contributed by atoms with E-state index in [1.54, 1.807) is 0 Å². The van der Waals surface area contributed by atoms with Gasteiger partial charge in [-0.1, -0.05) is 31.2 Å². The summed E-state index contributed by atoms with van der Waals surface area (Å²) in [7, 11) is 0. The van der Waals surface area contributed by atoms with Crippen LogP contribution in [0.25, 0.3) is 0 Å². The molecule has 0 bridgehead atoms. The molecule has 1 aromatic heterocycles. The van der Waals surface area contributed by atoms with E-state index in [2.05, 4.69) is 75.9 Å². The summed E-state index contributed by atoms with van der Waals surface area (Å²) in [5.41, 5.74) is 2.61. The largest absolute Gasteiger partial charge is 0.376 e. The van der Waals surface area contributed by atoms with Crippen LogP contribution in [0.5, 0.6) is 0 Å². The predicted molar refractivity (Wildman–Crippen MR) is 129 cm³/mol. The highest BCUT2D eigenvalue weighted by Gasteiger charge is 2.28. The third-order valence-corrected chi connectivity index (χ3v) is 6.60. The number of piperidine rings is 1. The summed E-state index contributed by atoms with van der Waals surface area (Å²) in [5, 5.41) is 3.52. The zero-order valence-corrected chi connectivity index (χ0v) is 19.8. The highest BCUT2D eigenvalue weighted by Crippen LogP contribution is 2.27. The number of rotatable bonds is 6. The van der Waals surface area contributed by atoms with Gasteiger partial charge in [-0.05, 0) is 37.3 Å². The number of hydrogen-bond donors (Lipinski definition) is 1. The molecule has 0 radical (unpaired) electrons. The molecule has 3 heterocycles. The van der Waals surface area contributed by atoms with Crippen LogP contribution in [0.2, 0.25) is 0 Å². The Bertz CT molecular complexity index is 867. The number of aliphatic imine (C=N–C) groups is 1. The Morgan fingerprint density at radius 3 is 2.88 bits per heavy atom. The first-order chi connectivity index (χ1) is 15.6. The number of morpholine rings is 1. The van der Waals surface area contributed by atoms with Crippen LogP contribution in [-0.4, -0.2) is 70.7 Å². The highest BCUT2D eigenvalue weighted by molar-refractivity contribution is 5.80. The Labute approximate surface area is 192 Å². The lowest BCUT2D eigenvalue weighted by Crippen LogP contribution is -2.49. The molecule has 32 heavy (non-hydrogen) atoms. The molecule has 0 aliphatic carbocycles. The SMILES string of the molecule is CCNC(=NCc1cccc(CN2CCOC(C)C2)c1)N1CCC(C)C(n2ccnc2)C1. The molecule has 0 saturated carbocycles. The number of nitrogens with one attached hydrogen (secondary N) is 1. The lowest BCUT2D eigenvalue weighted by molar-refractivity contribution is -0.0212. The van der Waals surface area contributed by atoms with Gasteiger partial charge in [0.2, 0.25) is 0 Å². The molecule has 3 atom stereocenters. The molecule has 2 saturated heterocycles. The zero-order valence-electron chi connectivity index (χ0n) is 19.8. The van der Waals surface area contributed by atoms with Crippen LogP contribution in [0.3, 0.4) is 0 Å². The maximum absolute atomic E-state index is 5.68. The molecule has 7 heteroatoms. The molecule has 2 aliphatic rings. The molecular formula is C25H38N6O. The lowest BCUT2D eigenvalue weighted by atomic mass is 9.93. The predicted octanol–water partition coefficient (Wildman–Crippen LogP) is 3.15. The van der Waals surface area contributed by atoms with E-state index in [1.165, 1.54) is 11.1 Å². The van der Waals surface area contributed by atoms with Crippen molar-refractivity contribution >= 4 is 5.96 Å². The van der Waals surface area contributed by atoms with Gasteiger partial charge < -0.3 is 19.5 Å². The van der Waals surface area contributed by atoms with E-state index in [-0.39, 0.29) is 0 Å². The van der Waals surface area contributed by atoms with Gasteiger partial charge in [0, 0.05) is 51.7 Å². The van der Waals surface area contributed by atoms with E-state index in [9.17, 15) is 0 Å². The third kappa shape index (κ3) is 5.90. The Balaban J connectivity index is 1.42. The molecule has 3 unspecified atom stereocenters. The van der Waals surface area contributed by atoms with Crippen molar-refractivity contribution in [3.05, 3.63) is 54.1 Å². The van der Waals surface area contributed by atoms with Crippen molar-refractivity contribution in [3.63, 3.8) is 0 Å². The Morgan fingerprint density at radius 2 is 2.09 bits per heavy atom. The molecular weight excluding hydrogens is 400 g/mol. The van der Waals surface area contributed by atoms with Gasteiger partial charge in [0.25, 0.3) is 0 Å². The Hall–Kier alpha value is -2.38. The minimum Gasteiger partial charge on any atom is -0.376 e. The van der Waals surface area contributed by atoms with Crippen LogP contribution in [-0.2, 0) is 17.8 Å². The first kappa shape index (κ1) is 22.8. The van der Waals surface area contributed by atoms with Crippen molar-refractivity contribution in [1.82, 2.24) is 24.7 Å². The average Bonchev–Trinajstić information content (AvgIpc) is 3.32. The fourth-order valence-corrected chi connectivity index (χ4v) is 4.81. The molecule has 2 aromatic rings. The normalized spacial score (nSPS) is 25.2. The second-order valence-corrected chi connectivity index (χ2v) is 9.20. The van der Waals surface area contributed by atoms with Gasteiger partial charge >= 0.3 is 0 Å². The van der Waals surface area contributed by atoms with Crippen LogP contribution in [0.1, 0.15) is 44.4 Å². The molecule has 2 aliphatic heterocycles. The first-order valence-corrected chi connectivity index (χ1v) is 12.0. The number of ether oxygens (including phenoxy) is 1. The van der Waals surface area contributed by atoms with Gasteiger partial charge in [-0.25, -0.2) is 9.98 Å². The molecule has 1 aromatic carbocycles. The van der Waals surface area contributed by atoms with Gasteiger partial charge in [-0.3, -0.25) is 4.90 Å². The first-order valence-electron chi connectivity index (χ1n) is 12.0. The number of imidazole rings is 1. The second-order valence-electron chi connectivity index (χ2n) is 9.20. The van der Waals surface area contributed by atoms with E-state index in [0.717, 1.165) is 58.3 Å². The fraction of sp³-hybridized carbons (Fsp3) is 0.600. The summed E-state index contributed by atoms with van der Waals surface area (Å²) in [6.07, 6.45) is 7.36. The maximum Gasteiger partial charge on any atom is 0.194 e. The van der Waals surface area contributed by atoms with Crippen molar-refractivity contribution in [2.24, 2.45) is 10.9 Å². The fourth-order valence-electron chi connectivity index (χ4n) is 4.81. The van der Waals surface area contributed by atoms with E-state index in [4.69, 9.17) is 9.73 Å².